The van der Waals surface area contributed by atoms with E-state index in [9.17, 15) is 5.11 Å². The molecule has 1 N–H and O–H groups in total. The molecule has 3 rings (SSSR count). The van der Waals surface area contributed by atoms with Crippen molar-refractivity contribution in [3.63, 3.8) is 0 Å². The minimum atomic E-state index is -0.722. The van der Waals surface area contributed by atoms with E-state index < -0.39 is 6.10 Å². The van der Waals surface area contributed by atoms with Crippen molar-refractivity contribution in [2.24, 2.45) is 0 Å². The Morgan fingerprint density at radius 2 is 1.89 bits per heavy atom. The van der Waals surface area contributed by atoms with E-state index in [0.29, 0.717) is 4.34 Å². The number of rotatable bonds is 3. The lowest BCUT2D eigenvalue weighted by molar-refractivity contribution is 0.216. The van der Waals surface area contributed by atoms with Crippen LogP contribution >= 0.6 is 22.9 Å². The predicted molar refractivity (Wildman–Crippen MR) is 77.0 cm³/mol. The highest BCUT2D eigenvalue weighted by molar-refractivity contribution is 7.16. The summed E-state index contributed by atoms with van der Waals surface area (Å²) in [4.78, 5) is 0.808. The van der Waals surface area contributed by atoms with Gasteiger partial charge in [0, 0.05) is 11.1 Å². The van der Waals surface area contributed by atoms with E-state index in [2.05, 4.69) is 5.10 Å². The molecule has 0 aliphatic rings. The van der Waals surface area contributed by atoms with Crippen LogP contribution in [0.25, 0.3) is 5.69 Å². The van der Waals surface area contributed by atoms with Crippen LogP contribution in [-0.4, -0.2) is 14.9 Å². The lowest BCUT2D eigenvalue weighted by Gasteiger charge is -2.12. The summed E-state index contributed by atoms with van der Waals surface area (Å²) < 4.78 is 2.40. The van der Waals surface area contributed by atoms with E-state index in [0.717, 1.165) is 16.3 Å². The highest BCUT2D eigenvalue weighted by Gasteiger charge is 2.17. The molecule has 1 aromatic carbocycles. The van der Waals surface area contributed by atoms with Crippen LogP contribution in [0.4, 0.5) is 0 Å². The molecule has 0 aliphatic carbocycles. The van der Waals surface area contributed by atoms with Crippen molar-refractivity contribution in [2.75, 3.05) is 0 Å². The molecular formula is C14H11ClN2OS. The Kier molecular flexibility index (Phi) is 3.38. The Labute approximate surface area is 119 Å². The van der Waals surface area contributed by atoms with Crippen molar-refractivity contribution in [3.8, 4) is 5.69 Å². The van der Waals surface area contributed by atoms with Crippen molar-refractivity contribution < 1.29 is 5.11 Å². The van der Waals surface area contributed by atoms with Crippen molar-refractivity contribution in [3.05, 3.63) is 69.6 Å². The molecule has 3 aromatic rings. The average Bonchev–Trinajstić information content (AvgIpc) is 3.07. The van der Waals surface area contributed by atoms with E-state index >= 15 is 0 Å². The van der Waals surface area contributed by atoms with E-state index in [1.807, 2.05) is 42.5 Å². The number of benzene rings is 1. The molecule has 0 bridgehead atoms. The standard InChI is InChI=1S/C14H11ClN2OS/c15-13-7-6-12(19-13)14(18)11-8-9-16-17(11)10-4-2-1-3-5-10/h1-9,14,18H. The van der Waals surface area contributed by atoms with E-state index in [-0.39, 0.29) is 0 Å². The van der Waals surface area contributed by atoms with Crippen molar-refractivity contribution in [1.82, 2.24) is 9.78 Å². The number of halogens is 1. The van der Waals surface area contributed by atoms with Gasteiger partial charge in [0.05, 0.1) is 15.7 Å². The van der Waals surface area contributed by atoms with Gasteiger partial charge in [0.15, 0.2) is 0 Å². The lowest BCUT2D eigenvalue weighted by atomic mass is 10.2. The van der Waals surface area contributed by atoms with Gasteiger partial charge < -0.3 is 5.11 Å². The minimum absolute atomic E-state index is 0.667. The zero-order valence-electron chi connectivity index (χ0n) is 9.90. The summed E-state index contributed by atoms with van der Waals surface area (Å²) in [6, 6.07) is 15.2. The number of aromatic nitrogens is 2. The molecular weight excluding hydrogens is 280 g/mol. The van der Waals surface area contributed by atoms with Crippen LogP contribution in [-0.2, 0) is 0 Å². The van der Waals surface area contributed by atoms with Gasteiger partial charge in [0.2, 0.25) is 0 Å². The van der Waals surface area contributed by atoms with Crippen LogP contribution < -0.4 is 0 Å². The molecule has 5 heteroatoms. The van der Waals surface area contributed by atoms with Gasteiger partial charge in [-0.3, -0.25) is 0 Å². The largest absolute Gasteiger partial charge is 0.381 e. The average molecular weight is 291 g/mol. The fourth-order valence-corrected chi connectivity index (χ4v) is 2.99. The second kappa shape index (κ2) is 5.17. The number of aliphatic hydroxyl groups excluding tert-OH is 1. The maximum absolute atomic E-state index is 10.4. The minimum Gasteiger partial charge on any atom is -0.381 e. The van der Waals surface area contributed by atoms with E-state index in [1.165, 1.54) is 11.3 Å². The topological polar surface area (TPSA) is 38.1 Å². The van der Waals surface area contributed by atoms with Crippen LogP contribution in [0.5, 0.6) is 0 Å². The quantitative estimate of drug-likeness (QED) is 0.799. The van der Waals surface area contributed by atoms with Gasteiger partial charge in [-0.15, -0.1) is 11.3 Å². The monoisotopic (exact) mass is 290 g/mol. The molecule has 1 unspecified atom stereocenters. The fraction of sp³-hybridized carbons (Fsp3) is 0.0714. The molecule has 2 heterocycles. The van der Waals surface area contributed by atoms with Crippen molar-refractivity contribution in [2.45, 2.75) is 6.10 Å². The normalized spacial score (nSPS) is 12.5. The molecule has 1 atom stereocenters. The summed E-state index contributed by atoms with van der Waals surface area (Å²) in [6.07, 6.45) is 0.959. The third-order valence-electron chi connectivity index (χ3n) is 2.82. The third kappa shape index (κ3) is 2.42. The molecule has 0 amide bonds. The second-order valence-electron chi connectivity index (χ2n) is 4.05. The zero-order chi connectivity index (χ0) is 13.2. The Morgan fingerprint density at radius 1 is 1.11 bits per heavy atom. The zero-order valence-corrected chi connectivity index (χ0v) is 11.5. The summed E-state index contributed by atoms with van der Waals surface area (Å²) in [5.41, 5.74) is 1.65. The molecule has 0 aliphatic heterocycles. The maximum Gasteiger partial charge on any atom is 0.130 e. The Hall–Kier alpha value is -1.62. The highest BCUT2D eigenvalue weighted by Crippen LogP contribution is 2.31. The molecule has 96 valence electrons. The number of thiophene rings is 1. The van der Waals surface area contributed by atoms with Gasteiger partial charge in [0.1, 0.15) is 6.10 Å². The Bertz CT molecular complexity index is 678. The van der Waals surface area contributed by atoms with Gasteiger partial charge in [-0.05, 0) is 30.3 Å². The lowest BCUT2D eigenvalue weighted by Crippen LogP contribution is -2.07. The number of aliphatic hydroxyl groups is 1. The highest BCUT2D eigenvalue weighted by atomic mass is 35.5. The molecule has 19 heavy (non-hydrogen) atoms. The van der Waals surface area contributed by atoms with Gasteiger partial charge in [-0.1, -0.05) is 29.8 Å². The smallest absolute Gasteiger partial charge is 0.130 e. The SMILES string of the molecule is OC(c1ccc(Cl)s1)c1ccnn1-c1ccccc1. The molecule has 0 saturated carbocycles. The van der Waals surface area contributed by atoms with Crippen LogP contribution in [0.15, 0.2) is 54.7 Å². The van der Waals surface area contributed by atoms with Gasteiger partial charge in [-0.25, -0.2) is 4.68 Å². The van der Waals surface area contributed by atoms with E-state index in [4.69, 9.17) is 11.6 Å². The summed E-state index contributed by atoms with van der Waals surface area (Å²) in [5, 5.41) is 14.7. The maximum atomic E-state index is 10.4. The summed E-state index contributed by atoms with van der Waals surface area (Å²) in [5.74, 6) is 0. The first-order chi connectivity index (χ1) is 9.25. The summed E-state index contributed by atoms with van der Waals surface area (Å²) >= 11 is 7.28. The molecule has 3 nitrogen and oxygen atoms in total. The van der Waals surface area contributed by atoms with E-state index in [1.54, 1.807) is 16.9 Å². The predicted octanol–water partition coefficient (Wildman–Crippen LogP) is 3.67. The summed E-state index contributed by atoms with van der Waals surface area (Å²) in [6.45, 7) is 0. The number of hydrogen-bond donors (Lipinski definition) is 1. The summed E-state index contributed by atoms with van der Waals surface area (Å²) in [7, 11) is 0. The van der Waals surface area contributed by atoms with Gasteiger partial charge in [-0.2, -0.15) is 5.10 Å². The van der Waals surface area contributed by atoms with Crippen molar-refractivity contribution in [1.29, 1.82) is 0 Å². The molecule has 0 radical (unpaired) electrons. The van der Waals surface area contributed by atoms with Crippen LogP contribution in [0.2, 0.25) is 4.34 Å². The fourth-order valence-electron chi connectivity index (χ4n) is 1.93. The Balaban J connectivity index is 2.01. The van der Waals surface area contributed by atoms with Crippen LogP contribution in [0.3, 0.4) is 0 Å². The molecule has 0 saturated heterocycles. The molecule has 0 spiro atoms. The molecule has 0 fully saturated rings. The number of para-hydroxylation sites is 1. The third-order valence-corrected chi connectivity index (χ3v) is 4.10. The van der Waals surface area contributed by atoms with Gasteiger partial charge in [0.25, 0.3) is 0 Å². The van der Waals surface area contributed by atoms with Crippen LogP contribution in [0, 0.1) is 0 Å². The number of hydrogen-bond acceptors (Lipinski definition) is 3. The van der Waals surface area contributed by atoms with Crippen LogP contribution in [0.1, 0.15) is 16.7 Å². The first-order valence-corrected chi connectivity index (χ1v) is 6.98. The first kappa shape index (κ1) is 12.4. The first-order valence-electron chi connectivity index (χ1n) is 5.78. The second-order valence-corrected chi connectivity index (χ2v) is 5.79. The number of nitrogens with zero attached hydrogens (tertiary/aromatic N) is 2. The molecule has 2 aromatic heterocycles. The van der Waals surface area contributed by atoms with Crippen molar-refractivity contribution >= 4 is 22.9 Å². The van der Waals surface area contributed by atoms with Gasteiger partial charge >= 0.3 is 0 Å². The Morgan fingerprint density at radius 3 is 2.58 bits per heavy atom.